The van der Waals surface area contributed by atoms with Crippen molar-refractivity contribution in [2.24, 2.45) is 46.3 Å². The number of hydrogen-bond donors (Lipinski definition) is 3. The van der Waals surface area contributed by atoms with E-state index in [1.54, 1.807) is 0 Å². The van der Waals surface area contributed by atoms with Gasteiger partial charge in [-0.05, 0) is 85.9 Å². The van der Waals surface area contributed by atoms with E-state index >= 15 is 0 Å². The maximum atomic E-state index is 11.8. The van der Waals surface area contributed by atoms with Crippen molar-refractivity contribution in [3.8, 4) is 0 Å². The van der Waals surface area contributed by atoms with Crippen molar-refractivity contribution in [1.82, 2.24) is 0 Å². The van der Waals surface area contributed by atoms with Gasteiger partial charge in [0.2, 0.25) is 0 Å². The molecule has 0 saturated heterocycles. The van der Waals surface area contributed by atoms with Gasteiger partial charge >= 0.3 is 10.4 Å². The van der Waals surface area contributed by atoms with Crippen LogP contribution in [0.15, 0.2) is 0 Å². The monoisotopic (exact) mass is 500 g/mol. The summed E-state index contributed by atoms with van der Waals surface area (Å²) in [5, 5.41) is 23.1. The van der Waals surface area contributed by atoms with Crippen LogP contribution in [0.4, 0.5) is 0 Å². The molecular weight excluding hydrogens is 452 g/mol. The second-order valence-corrected chi connectivity index (χ2v) is 14.4. The van der Waals surface area contributed by atoms with Crippen LogP contribution >= 0.6 is 0 Å². The zero-order chi connectivity index (χ0) is 25.1. The predicted octanol–water partition coefficient (Wildman–Crippen LogP) is 5.38. The van der Waals surface area contributed by atoms with Crippen molar-refractivity contribution in [1.29, 1.82) is 0 Å². The first-order chi connectivity index (χ1) is 15.7. The third-order valence-corrected chi connectivity index (χ3v) is 11.8. The molecule has 0 radical (unpaired) electrons. The van der Waals surface area contributed by atoms with Crippen LogP contribution in [0.25, 0.3) is 0 Å². The number of hydrogen-bond acceptors (Lipinski definition) is 5. The Balaban J connectivity index is 1.52. The Bertz CT molecular complexity index is 844. The van der Waals surface area contributed by atoms with Crippen molar-refractivity contribution < 1.29 is 27.4 Å². The van der Waals surface area contributed by atoms with Crippen molar-refractivity contribution in [2.75, 3.05) is 0 Å². The van der Waals surface area contributed by atoms with Gasteiger partial charge in [0, 0.05) is 11.8 Å². The van der Waals surface area contributed by atoms with Gasteiger partial charge in [-0.25, -0.2) is 4.18 Å². The van der Waals surface area contributed by atoms with E-state index in [1.165, 1.54) is 38.5 Å². The van der Waals surface area contributed by atoms with Crippen LogP contribution < -0.4 is 0 Å². The van der Waals surface area contributed by atoms with Gasteiger partial charge in [0.25, 0.3) is 0 Å². The van der Waals surface area contributed by atoms with Gasteiger partial charge in [-0.15, -0.1) is 0 Å². The quantitative estimate of drug-likeness (QED) is 0.405. The summed E-state index contributed by atoms with van der Waals surface area (Å²) in [6.45, 7) is 11.7. The summed E-state index contributed by atoms with van der Waals surface area (Å²) in [4.78, 5) is 0. The Labute approximate surface area is 207 Å². The number of fused-ring (bicyclic) bond motifs is 5. The molecule has 0 aromatic carbocycles. The van der Waals surface area contributed by atoms with Gasteiger partial charge in [0.15, 0.2) is 0 Å². The molecule has 3 N–H and O–H groups in total. The highest BCUT2D eigenvalue weighted by atomic mass is 32.3. The zero-order valence-electron chi connectivity index (χ0n) is 21.9. The van der Waals surface area contributed by atoms with Crippen LogP contribution in [0.3, 0.4) is 0 Å². The molecule has 1 unspecified atom stereocenters. The third-order valence-electron chi connectivity index (χ3n) is 11.3. The van der Waals surface area contributed by atoms with Crippen molar-refractivity contribution in [3.63, 3.8) is 0 Å². The molecule has 6 nitrogen and oxygen atoms in total. The fourth-order valence-corrected chi connectivity index (χ4v) is 10.0. The zero-order valence-corrected chi connectivity index (χ0v) is 22.7. The molecule has 4 rings (SSSR count). The molecule has 0 aromatic heterocycles. The Morgan fingerprint density at radius 3 is 2.35 bits per heavy atom. The lowest BCUT2D eigenvalue weighted by Crippen LogP contribution is -2.68. The molecule has 0 spiro atoms. The van der Waals surface area contributed by atoms with Gasteiger partial charge in [-0.3, -0.25) is 4.55 Å². The summed E-state index contributed by atoms with van der Waals surface area (Å²) in [5.41, 5.74) is -1.57. The lowest BCUT2D eigenvalue weighted by atomic mass is 9.42. The maximum absolute atomic E-state index is 11.8. The van der Waals surface area contributed by atoms with Crippen molar-refractivity contribution >= 4 is 10.4 Å². The Morgan fingerprint density at radius 2 is 1.71 bits per heavy atom. The Hall–Kier alpha value is -0.210. The molecule has 4 aliphatic rings. The third kappa shape index (κ3) is 4.51. The van der Waals surface area contributed by atoms with Crippen LogP contribution in [-0.2, 0) is 14.6 Å². The van der Waals surface area contributed by atoms with E-state index in [0.29, 0.717) is 42.4 Å². The molecule has 0 aliphatic heterocycles. The van der Waals surface area contributed by atoms with E-state index in [-0.39, 0.29) is 6.42 Å². The SMILES string of the molecule is CC(C)CCC[C@@H](C)[C@H]1CC[C@H]2[C@@H]3CC(O)[C@@]4(O)C[C@@H](OS(=O)(=O)O)CC[C@]4(C)[C@H]3CC[C@]12C. The van der Waals surface area contributed by atoms with Gasteiger partial charge in [0.05, 0.1) is 17.8 Å². The van der Waals surface area contributed by atoms with E-state index < -0.39 is 33.6 Å². The van der Waals surface area contributed by atoms with Gasteiger partial charge in [-0.1, -0.05) is 53.9 Å². The summed E-state index contributed by atoms with van der Waals surface area (Å²) in [6, 6.07) is 0. The molecule has 4 saturated carbocycles. The van der Waals surface area contributed by atoms with Crippen LogP contribution in [-0.4, -0.2) is 41.0 Å². The standard InChI is InChI=1S/C27H48O6S/c1-17(2)7-6-8-18(3)21-9-10-22-20-15-24(28)27(29)16-19(33-34(30,31)32)11-14-26(27,5)23(20)12-13-25(21,22)4/h17-24,28-29H,6-16H2,1-5H3,(H,30,31,32)/t18-,19+,20+,21-,22+,23+,24?,25-,26-,27+/m1/s1. The Morgan fingerprint density at radius 1 is 1.00 bits per heavy atom. The molecule has 34 heavy (non-hydrogen) atoms. The summed E-state index contributed by atoms with van der Waals surface area (Å²) >= 11 is 0. The highest BCUT2D eigenvalue weighted by molar-refractivity contribution is 7.80. The minimum atomic E-state index is -4.59. The van der Waals surface area contributed by atoms with Gasteiger partial charge in [0.1, 0.15) is 0 Å². The first kappa shape index (κ1) is 26.8. The molecule has 4 fully saturated rings. The smallest absolute Gasteiger partial charge is 0.390 e. The van der Waals surface area contributed by atoms with Crippen LogP contribution in [0.5, 0.6) is 0 Å². The lowest BCUT2D eigenvalue weighted by Gasteiger charge is -2.65. The highest BCUT2D eigenvalue weighted by Gasteiger charge is 2.67. The van der Waals surface area contributed by atoms with Crippen molar-refractivity contribution in [2.45, 2.75) is 123 Å². The molecule has 0 aromatic rings. The van der Waals surface area contributed by atoms with E-state index in [9.17, 15) is 18.6 Å². The van der Waals surface area contributed by atoms with Gasteiger partial charge < -0.3 is 10.2 Å². The maximum Gasteiger partial charge on any atom is 0.397 e. The van der Waals surface area contributed by atoms with E-state index in [2.05, 4.69) is 34.6 Å². The van der Waals surface area contributed by atoms with E-state index in [1.807, 2.05) is 0 Å². The molecule has 0 bridgehead atoms. The lowest BCUT2D eigenvalue weighted by molar-refractivity contribution is -0.263. The fourth-order valence-electron chi connectivity index (χ4n) is 9.52. The van der Waals surface area contributed by atoms with E-state index in [0.717, 1.165) is 24.2 Å². The van der Waals surface area contributed by atoms with Crippen LogP contribution in [0.2, 0.25) is 0 Å². The summed E-state index contributed by atoms with van der Waals surface area (Å²) in [6.07, 6.45) is 8.60. The normalized spacial score (nSPS) is 47.7. The number of aliphatic hydroxyl groups is 2. The minimum Gasteiger partial charge on any atom is -0.390 e. The average molecular weight is 501 g/mol. The van der Waals surface area contributed by atoms with Gasteiger partial charge in [-0.2, -0.15) is 8.42 Å². The molecular formula is C27H48O6S. The summed E-state index contributed by atoms with van der Waals surface area (Å²) < 4.78 is 36.6. The molecule has 7 heteroatoms. The summed E-state index contributed by atoms with van der Waals surface area (Å²) in [7, 11) is -4.59. The first-order valence-electron chi connectivity index (χ1n) is 13.8. The van der Waals surface area contributed by atoms with E-state index in [4.69, 9.17) is 8.74 Å². The number of aliphatic hydroxyl groups excluding tert-OH is 1. The molecule has 0 amide bonds. The highest BCUT2D eigenvalue weighted by Crippen LogP contribution is 2.69. The molecule has 198 valence electrons. The van der Waals surface area contributed by atoms with Crippen molar-refractivity contribution in [3.05, 3.63) is 0 Å². The predicted molar refractivity (Wildman–Crippen MR) is 132 cm³/mol. The topological polar surface area (TPSA) is 104 Å². The molecule has 0 heterocycles. The van der Waals surface area contributed by atoms with Crippen LogP contribution in [0.1, 0.15) is 105 Å². The minimum absolute atomic E-state index is 0.0467. The second kappa shape index (κ2) is 9.27. The average Bonchev–Trinajstić information content (AvgIpc) is 3.06. The second-order valence-electron chi connectivity index (χ2n) is 13.4. The molecule has 4 aliphatic carbocycles. The Kier molecular flexibility index (Phi) is 7.32. The largest absolute Gasteiger partial charge is 0.397 e. The number of rotatable bonds is 7. The molecule has 10 atom stereocenters. The fraction of sp³-hybridized carbons (Fsp3) is 1.00. The first-order valence-corrected chi connectivity index (χ1v) is 15.1. The van der Waals surface area contributed by atoms with Crippen LogP contribution in [0, 0.1) is 46.3 Å². The summed E-state index contributed by atoms with van der Waals surface area (Å²) in [5.74, 6) is 3.50.